The Morgan fingerprint density at radius 3 is 3.05 bits per heavy atom. The van der Waals surface area contributed by atoms with Crippen molar-refractivity contribution in [3.63, 3.8) is 0 Å². The topological polar surface area (TPSA) is 62.2 Å². The molecule has 2 aromatic rings. The maximum Gasteiger partial charge on any atom is 0.252 e. The molecule has 0 saturated heterocycles. The predicted molar refractivity (Wildman–Crippen MR) is 78.5 cm³/mol. The fourth-order valence-electron chi connectivity index (χ4n) is 1.71. The number of hydrogen-bond acceptors (Lipinski definition) is 4. The van der Waals surface area contributed by atoms with Gasteiger partial charge in [-0.2, -0.15) is 0 Å². The second-order valence-electron chi connectivity index (χ2n) is 4.08. The first kappa shape index (κ1) is 15.2. The van der Waals surface area contributed by atoms with E-state index in [4.69, 9.17) is 5.11 Å². The Bertz CT molecular complexity index is 675. The smallest absolute Gasteiger partial charge is 0.252 e. The van der Waals surface area contributed by atoms with Crippen molar-refractivity contribution in [2.24, 2.45) is 0 Å². The molecule has 0 fully saturated rings. The highest BCUT2D eigenvalue weighted by molar-refractivity contribution is 7.09. The molecule has 21 heavy (non-hydrogen) atoms. The van der Waals surface area contributed by atoms with E-state index in [1.807, 2.05) is 5.38 Å². The van der Waals surface area contributed by atoms with Crippen molar-refractivity contribution >= 4 is 17.2 Å². The molecule has 0 aliphatic rings. The summed E-state index contributed by atoms with van der Waals surface area (Å²) in [6, 6.07) is 3.77. The number of nitrogens with zero attached hydrogens (tertiary/aromatic N) is 1. The monoisotopic (exact) mass is 304 g/mol. The van der Waals surface area contributed by atoms with E-state index in [0.29, 0.717) is 13.0 Å². The van der Waals surface area contributed by atoms with E-state index in [0.717, 1.165) is 5.01 Å². The van der Waals surface area contributed by atoms with Crippen LogP contribution in [0.5, 0.6) is 0 Å². The first-order valence-electron chi connectivity index (χ1n) is 6.26. The van der Waals surface area contributed by atoms with E-state index in [-0.39, 0.29) is 23.6 Å². The number of aliphatic hydroxyl groups excluding tert-OH is 1. The maximum atomic E-state index is 13.2. The summed E-state index contributed by atoms with van der Waals surface area (Å²) in [6.45, 7) is 0.0954. The zero-order valence-corrected chi connectivity index (χ0v) is 11.9. The highest BCUT2D eigenvalue weighted by atomic mass is 32.1. The zero-order valence-electron chi connectivity index (χ0n) is 11.1. The minimum Gasteiger partial charge on any atom is -0.384 e. The summed E-state index contributed by atoms with van der Waals surface area (Å²) in [5.41, 5.74) is 0.548. The number of nitrogens with one attached hydrogen (secondary N) is 1. The summed E-state index contributed by atoms with van der Waals surface area (Å²) in [6.07, 6.45) is 2.35. The van der Waals surface area contributed by atoms with Gasteiger partial charge in [-0.25, -0.2) is 9.37 Å². The number of carbonyl (C=O) groups excluding carboxylic acids is 1. The molecule has 1 heterocycles. The zero-order chi connectivity index (χ0) is 15.1. The molecular weight excluding hydrogens is 291 g/mol. The summed E-state index contributed by atoms with van der Waals surface area (Å²) >= 11 is 1.52. The van der Waals surface area contributed by atoms with Gasteiger partial charge in [-0.1, -0.05) is 11.8 Å². The van der Waals surface area contributed by atoms with Crippen LogP contribution in [0.3, 0.4) is 0 Å². The van der Waals surface area contributed by atoms with Gasteiger partial charge in [0, 0.05) is 30.1 Å². The molecule has 1 amide bonds. The van der Waals surface area contributed by atoms with Gasteiger partial charge in [0.25, 0.3) is 5.91 Å². The SMILES string of the molecule is O=C(NCCc1nccs1)c1ccc(F)cc1C#CCO. The fourth-order valence-corrected chi connectivity index (χ4v) is 2.33. The fraction of sp³-hybridized carbons (Fsp3) is 0.200. The lowest BCUT2D eigenvalue weighted by Gasteiger charge is -2.06. The molecular formula is C15H13FN2O2S. The standard InChI is InChI=1S/C15H13FN2O2S/c16-12-3-4-13(11(10-12)2-1-8-19)15(20)18-6-5-14-17-7-9-21-14/h3-4,7,9-10,19H,5-6,8H2,(H,18,20). The number of thiazole rings is 1. The third-order valence-electron chi connectivity index (χ3n) is 2.64. The highest BCUT2D eigenvalue weighted by Gasteiger charge is 2.11. The van der Waals surface area contributed by atoms with E-state index < -0.39 is 5.82 Å². The van der Waals surface area contributed by atoms with E-state index in [9.17, 15) is 9.18 Å². The van der Waals surface area contributed by atoms with E-state index in [1.165, 1.54) is 29.5 Å². The average molecular weight is 304 g/mol. The van der Waals surface area contributed by atoms with Gasteiger partial charge in [-0.3, -0.25) is 4.79 Å². The molecule has 0 aliphatic heterocycles. The molecule has 1 aromatic carbocycles. The van der Waals surface area contributed by atoms with Gasteiger partial charge in [-0.05, 0) is 18.2 Å². The largest absolute Gasteiger partial charge is 0.384 e. The van der Waals surface area contributed by atoms with Gasteiger partial charge < -0.3 is 10.4 Å². The van der Waals surface area contributed by atoms with Crippen molar-refractivity contribution in [3.8, 4) is 11.8 Å². The van der Waals surface area contributed by atoms with Crippen molar-refractivity contribution in [1.82, 2.24) is 10.3 Å². The number of aliphatic hydroxyl groups is 1. The summed E-state index contributed by atoms with van der Waals surface area (Å²) < 4.78 is 13.2. The lowest BCUT2D eigenvalue weighted by Crippen LogP contribution is -2.26. The van der Waals surface area contributed by atoms with Crippen molar-refractivity contribution in [2.75, 3.05) is 13.2 Å². The molecule has 2 rings (SSSR count). The molecule has 0 saturated carbocycles. The van der Waals surface area contributed by atoms with Crippen LogP contribution < -0.4 is 5.32 Å². The Hall–Kier alpha value is -2.23. The summed E-state index contributed by atoms with van der Waals surface area (Å²) in [5, 5.41) is 14.3. The Labute approximate surface area is 125 Å². The number of carbonyl (C=O) groups is 1. The molecule has 108 valence electrons. The van der Waals surface area contributed by atoms with Crippen molar-refractivity contribution in [1.29, 1.82) is 0 Å². The van der Waals surface area contributed by atoms with Crippen LogP contribution in [-0.4, -0.2) is 29.1 Å². The van der Waals surface area contributed by atoms with Crippen LogP contribution in [-0.2, 0) is 6.42 Å². The minimum absolute atomic E-state index is 0.260. The molecule has 2 N–H and O–H groups in total. The molecule has 0 aliphatic carbocycles. The first-order valence-corrected chi connectivity index (χ1v) is 7.14. The normalized spacial score (nSPS) is 9.81. The van der Waals surface area contributed by atoms with Gasteiger partial charge in [0.2, 0.25) is 0 Å². The van der Waals surface area contributed by atoms with Crippen LogP contribution in [0.2, 0.25) is 0 Å². The molecule has 6 heteroatoms. The quantitative estimate of drug-likeness (QED) is 0.843. The van der Waals surface area contributed by atoms with Crippen LogP contribution >= 0.6 is 11.3 Å². The Morgan fingerprint density at radius 2 is 2.33 bits per heavy atom. The number of amides is 1. The second-order valence-corrected chi connectivity index (χ2v) is 5.06. The van der Waals surface area contributed by atoms with Crippen LogP contribution in [0.4, 0.5) is 4.39 Å². The minimum atomic E-state index is -0.475. The lowest BCUT2D eigenvalue weighted by molar-refractivity contribution is 0.0954. The molecule has 0 bridgehead atoms. The second kappa shape index (κ2) is 7.53. The Morgan fingerprint density at radius 1 is 1.48 bits per heavy atom. The summed E-state index contributed by atoms with van der Waals surface area (Å²) in [7, 11) is 0. The summed E-state index contributed by atoms with van der Waals surface area (Å²) in [4.78, 5) is 16.2. The Balaban J connectivity index is 2.04. The van der Waals surface area contributed by atoms with E-state index in [1.54, 1.807) is 6.20 Å². The number of rotatable bonds is 4. The van der Waals surface area contributed by atoms with E-state index >= 15 is 0 Å². The van der Waals surface area contributed by atoms with E-state index in [2.05, 4.69) is 22.1 Å². The van der Waals surface area contributed by atoms with Gasteiger partial charge in [-0.15, -0.1) is 11.3 Å². The van der Waals surface area contributed by atoms with Gasteiger partial charge in [0.1, 0.15) is 12.4 Å². The molecule has 4 nitrogen and oxygen atoms in total. The average Bonchev–Trinajstić information content (AvgIpc) is 2.98. The number of hydrogen-bond donors (Lipinski definition) is 2. The van der Waals surface area contributed by atoms with Crippen molar-refractivity contribution in [2.45, 2.75) is 6.42 Å². The lowest BCUT2D eigenvalue weighted by atomic mass is 10.1. The molecule has 0 spiro atoms. The van der Waals surface area contributed by atoms with Crippen LogP contribution in [0.1, 0.15) is 20.9 Å². The van der Waals surface area contributed by atoms with Gasteiger partial charge >= 0.3 is 0 Å². The van der Waals surface area contributed by atoms with Crippen LogP contribution in [0.25, 0.3) is 0 Å². The number of benzene rings is 1. The first-order chi connectivity index (χ1) is 10.2. The third kappa shape index (κ3) is 4.38. The maximum absolute atomic E-state index is 13.2. The van der Waals surface area contributed by atoms with Gasteiger partial charge in [0.05, 0.1) is 10.6 Å². The van der Waals surface area contributed by atoms with Crippen molar-refractivity contribution in [3.05, 3.63) is 51.7 Å². The van der Waals surface area contributed by atoms with Crippen LogP contribution in [0.15, 0.2) is 29.8 Å². The Kier molecular flexibility index (Phi) is 5.43. The third-order valence-corrected chi connectivity index (χ3v) is 3.48. The number of aromatic nitrogens is 1. The van der Waals surface area contributed by atoms with Crippen molar-refractivity contribution < 1.29 is 14.3 Å². The summed E-state index contributed by atoms with van der Waals surface area (Å²) in [5.74, 6) is 4.19. The molecule has 0 unspecified atom stereocenters. The van der Waals surface area contributed by atoms with Gasteiger partial charge in [0.15, 0.2) is 0 Å². The molecule has 0 atom stereocenters. The van der Waals surface area contributed by atoms with Crippen LogP contribution in [0, 0.1) is 17.7 Å². The molecule has 0 radical (unpaired) electrons. The molecule has 1 aromatic heterocycles. The highest BCUT2D eigenvalue weighted by Crippen LogP contribution is 2.11. The number of halogens is 1. The predicted octanol–water partition coefficient (Wildman–Crippen LogP) is 1.60.